The van der Waals surface area contributed by atoms with E-state index in [1.807, 2.05) is 29.7 Å². The van der Waals surface area contributed by atoms with Crippen molar-refractivity contribution in [3.8, 4) is 10.8 Å². The lowest BCUT2D eigenvalue weighted by Crippen LogP contribution is -2.46. The molecule has 4 aromatic rings. The number of aliphatic imine (C=N–C) groups is 1. The van der Waals surface area contributed by atoms with Gasteiger partial charge in [0.2, 0.25) is 0 Å². The number of carboxylic acid groups (broad SMARTS) is 1. The maximum absolute atomic E-state index is 12.1. The van der Waals surface area contributed by atoms with Crippen LogP contribution < -0.4 is 14.5 Å². The van der Waals surface area contributed by atoms with Gasteiger partial charge in [-0.15, -0.1) is 21.5 Å². The van der Waals surface area contributed by atoms with Crippen LogP contribution in [0.5, 0.6) is 5.75 Å². The number of ether oxygens (including phenoxy) is 1. The molecule has 0 bridgehead atoms. The van der Waals surface area contributed by atoms with E-state index in [1.165, 1.54) is 4.88 Å². The van der Waals surface area contributed by atoms with E-state index in [0.29, 0.717) is 5.82 Å². The van der Waals surface area contributed by atoms with Crippen molar-refractivity contribution in [1.82, 2.24) is 14.8 Å². The van der Waals surface area contributed by atoms with E-state index in [1.54, 1.807) is 25.4 Å². The van der Waals surface area contributed by atoms with Crippen LogP contribution in [0.4, 0.5) is 11.4 Å². The Balaban J connectivity index is 1.32. The standard InChI is InChI=1S/C31H34N6O3S/c1-18-20(3)41-30-26(18)28(32-27(19(2)31(38)39)29-34-33-21(4)37(29)30)22-10-12-23(13-11-22)35-14-16-36(17-15-35)24-8-6-7-9-25(24)40-5/h6-13,19,27H,14-17H2,1-5H3,(H,38,39)/t19?,27-/m0/s1. The number of carboxylic acids is 1. The highest BCUT2D eigenvalue weighted by atomic mass is 32.1. The number of rotatable bonds is 6. The van der Waals surface area contributed by atoms with E-state index in [4.69, 9.17) is 9.73 Å². The molecule has 0 saturated carbocycles. The van der Waals surface area contributed by atoms with Gasteiger partial charge in [-0.25, -0.2) is 0 Å². The van der Waals surface area contributed by atoms with Crippen LogP contribution in [-0.2, 0) is 4.79 Å². The molecular weight excluding hydrogens is 536 g/mol. The van der Waals surface area contributed by atoms with Gasteiger partial charge in [-0.05, 0) is 57.5 Å². The predicted molar refractivity (Wildman–Crippen MR) is 162 cm³/mol. The second-order valence-electron chi connectivity index (χ2n) is 10.6. The number of piperazine rings is 1. The molecule has 1 fully saturated rings. The average Bonchev–Trinajstić information content (AvgIpc) is 3.46. The maximum atomic E-state index is 12.1. The molecule has 1 unspecified atom stereocenters. The molecule has 2 atom stereocenters. The molecule has 1 N–H and O–H groups in total. The number of para-hydroxylation sites is 2. The summed E-state index contributed by atoms with van der Waals surface area (Å²) in [5, 5.41) is 19.7. The highest BCUT2D eigenvalue weighted by Crippen LogP contribution is 2.41. The van der Waals surface area contributed by atoms with Gasteiger partial charge in [0, 0.05) is 47.9 Å². The molecule has 2 aromatic carbocycles. The number of fused-ring (bicyclic) bond motifs is 3. The largest absolute Gasteiger partial charge is 0.495 e. The Kier molecular flexibility index (Phi) is 7.03. The van der Waals surface area contributed by atoms with Crippen LogP contribution in [-0.4, -0.2) is 64.8 Å². The SMILES string of the molecule is COc1ccccc1N1CCN(c2ccc(C3=N[C@@H](C(C)C(=O)O)c4nnc(C)n4-c4sc(C)c(C)c43)cc2)CC1. The van der Waals surface area contributed by atoms with Crippen LogP contribution >= 0.6 is 11.3 Å². The van der Waals surface area contributed by atoms with E-state index in [9.17, 15) is 9.90 Å². The Labute approximate surface area is 243 Å². The van der Waals surface area contributed by atoms with Gasteiger partial charge >= 0.3 is 5.97 Å². The summed E-state index contributed by atoms with van der Waals surface area (Å²) in [5.74, 6) is 0.521. The first-order valence-corrected chi connectivity index (χ1v) is 14.7. The Morgan fingerprint density at radius 1 is 1.00 bits per heavy atom. The third-order valence-corrected chi connectivity index (χ3v) is 9.46. The number of aryl methyl sites for hydroxylation is 2. The molecule has 41 heavy (non-hydrogen) atoms. The minimum atomic E-state index is -0.911. The van der Waals surface area contributed by atoms with Gasteiger partial charge in [-0.1, -0.05) is 24.3 Å². The van der Waals surface area contributed by atoms with Gasteiger partial charge in [-0.3, -0.25) is 14.4 Å². The summed E-state index contributed by atoms with van der Waals surface area (Å²) in [6.07, 6.45) is 0. The molecule has 9 nitrogen and oxygen atoms in total. The predicted octanol–water partition coefficient (Wildman–Crippen LogP) is 5.20. The number of aliphatic carboxylic acids is 1. The van der Waals surface area contributed by atoms with Crippen LogP contribution in [0.1, 0.15) is 46.2 Å². The number of nitrogens with zero attached hydrogens (tertiary/aromatic N) is 6. The summed E-state index contributed by atoms with van der Waals surface area (Å²) in [7, 11) is 1.72. The van der Waals surface area contributed by atoms with Gasteiger partial charge in [0.25, 0.3) is 0 Å². The third-order valence-electron chi connectivity index (χ3n) is 8.26. The quantitative estimate of drug-likeness (QED) is 0.340. The van der Waals surface area contributed by atoms with Crippen molar-refractivity contribution in [2.24, 2.45) is 10.9 Å². The first-order chi connectivity index (χ1) is 19.8. The molecule has 0 radical (unpaired) electrons. The van der Waals surface area contributed by atoms with Crippen LogP contribution in [0.3, 0.4) is 0 Å². The van der Waals surface area contributed by atoms with Crippen LogP contribution in [0, 0.1) is 26.7 Å². The van der Waals surface area contributed by atoms with Gasteiger partial charge < -0.3 is 19.6 Å². The highest BCUT2D eigenvalue weighted by Gasteiger charge is 2.36. The lowest BCUT2D eigenvalue weighted by atomic mass is 9.98. The van der Waals surface area contributed by atoms with E-state index >= 15 is 0 Å². The summed E-state index contributed by atoms with van der Waals surface area (Å²) in [4.78, 5) is 23.2. The molecule has 1 saturated heterocycles. The Morgan fingerprint density at radius 2 is 1.68 bits per heavy atom. The molecule has 6 rings (SSSR count). The molecule has 10 heteroatoms. The minimum absolute atomic E-state index is 0.569. The zero-order chi connectivity index (χ0) is 28.8. The summed E-state index contributed by atoms with van der Waals surface area (Å²) in [6, 6.07) is 16.0. The molecule has 0 aliphatic carbocycles. The maximum Gasteiger partial charge on any atom is 0.308 e. The van der Waals surface area contributed by atoms with Gasteiger partial charge in [-0.2, -0.15) is 0 Å². The van der Waals surface area contributed by atoms with E-state index in [2.05, 4.69) is 64.2 Å². The highest BCUT2D eigenvalue weighted by molar-refractivity contribution is 7.15. The number of carbonyl (C=O) groups is 1. The van der Waals surface area contributed by atoms with Gasteiger partial charge in [0.05, 0.1) is 24.4 Å². The smallest absolute Gasteiger partial charge is 0.308 e. The minimum Gasteiger partial charge on any atom is -0.495 e. The molecule has 2 aliphatic rings. The monoisotopic (exact) mass is 570 g/mol. The number of anilines is 2. The third kappa shape index (κ3) is 4.65. The summed E-state index contributed by atoms with van der Waals surface area (Å²) >= 11 is 1.67. The molecule has 0 spiro atoms. The summed E-state index contributed by atoms with van der Waals surface area (Å²) in [5.41, 5.74) is 6.21. The first-order valence-electron chi connectivity index (χ1n) is 13.8. The van der Waals surface area contributed by atoms with E-state index < -0.39 is 17.9 Å². The molecule has 2 aromatic heterocycles. The van der Waals surface area contributed by atoms with Crippen molar-refractivity contribution >= 4 is 34.4 Å². The Morgan fingerprint density at radius 3 is 2.37 bits per heavy atom. The fourth-order valence-electron chi connectivity index (χ4n) is 5.74. The van der Waals surface area contributed by atoms with Gasteiger partial charge in [0.1, 0.15) is 22.6 Å². The number of methoxy groups -OCH3 is 1. The van der Waals surface area contributed by atoms with E-state index in [0.717, 1.165) is 76.5 Å². The lowest BCUT2D eigenvalue weighted by Gasteiger charge is -2.37. The van der Waals surface area contributed by atoms with Crippen molar-refractivity contribution in [3.05, 3.63) is 81.7 Å². The topological polar surface area (TPSA) is 96.1 Å². The molecule has 212 valence electrons. The fraction of sp³-hybridized carbons (Fsp3) is 0.355. The second-order valence-corrected chi connectivity index (χ2v) is 11.8. The van der Waals surface area contributed by atoms with Crippen molar-refractivity contribution in [2.75, 3.05) is 43.1 Å². The number of aromatic nitrogens is 3. The van der Waals surface area contributed by atoms with Crippen molar-refractivity contribution < 1.29 is 14.6 Å². The van der Waals surface area contributed by atoms with Crippen LogP contribution in [0.25, 0.3) is 5.00 Å². The van der Waals surface area contributed by atoms with Crippen molar-refractivity contribution in [3.63, 3.8) is 0 Å². The molecular formula is C31H34N6O3S. The molecule has 0 amide bonds. The van der Waals surface area contributed by atoms with E-state index in [-0.39, 0.29) is 0 Å². The number of thiophene rings is 1. The summed E-state index contributed by atoms with van der Waals surface area (Å²) < 4.78 is 7.57. The number of hydrogen-bond acceptors (Lipinski definition) is 8. The average molecular weight is 571 g/mol. The number of benzene rings is 2. The zero-order valence-corrected chi connectivity index (χ0v) is 24.8. The molecule has 4 heterocycles. The van der Waals surface area contributed by atoms with Crippen LogP contribution in [0.15, 0.2) is 53.5 Å². The second kappa shape index (κ2) is 10.7. The van der Waals surface area contributed by atoms with Crippen LogP contribution in [0.2, 0.25) is 0 Å². The Hall–Kier alpha value is -4.18. The summed E-state index contributed by atoms with van der Waals surface area (Å²) in [6.45, 7) is 11.4. The first kappa shape index (κ1) is 27.0. The lowest BCUT2D eigenvalue weighted by molar-refractivity contribution is -0.141. The zero-order valence-electron chi connectivity index (χ0n) is 24.0. The normalized spacial score (nSPS) is 17.4. The number of hydrogen-bond donors (Lipinski definition) is 1. The van der Waals surface area contributed by atoms with Crippen molar-refractivity contribution in [1.29, 1.82) is 0 Å². The van der Waals surface area contributed by atoms with Crippen molar-refractivity contribution in [2.45, 2.75) is 33.7 Å². The fourth-order valence-corrected chi connectivity index (χ4v) is 6.96. The van der Waals surface area contributed by atoms with Gasteiger partial charge in [0.15, 0.2) is 5.82 Å². The molecule has 2 aliphatic heterocycles. The Bertz CT molecular complexity index is 1630.